The van der Waals surface area contributed by atoms with Crippen molar-refractivity contribution in [1.82, 2.24) is 4.98 Å². The topological polar surface area (TPSA) is 77.2 Å². The van der Waals surface area contributed by atoms with E-state index in [1.165, 1.54) is 12.6 Å². The Bertz CT molecular complexity index is 393. The molecule has 5 heteroatoms. The van der Waals surface area contributed by atoms with E-state index in [9.17, 15) is 4.79 Å². The quantitative estimate of drug-likeness (QED) is 0.803. The molecule has 1 aromatic rings. The molecule has 0 spiro atoms. The summed E-state index contributed by atoms with van der Waals surface area (Å²) in [5, 5.41) is 3.22. The minimum absolute atomic E-state index is 0.0377. The van der Waals surface area contributed by atoms with Gasteiger partial charge in [0.2, 0.25) is 5.91 Å². The molecule has 3 N–H and O–H groups in total. The molecule has 0 saturated heterocycles. The molecular weight excluding hydrogens is 218 g/mol. The van der Waals surface area contributed by atoms with Crippen LogP contribution in [0.15, 0.2) is 18.3 Å². The summed E-state index contributed by atoms with van der Waals surface area (Å²) >= 11 is 0. The second-order valence-electron chi connectivity index (χ2n) is 4.39. The molecule has 0 aliphatic heterocycles. The summed E-state index contributed by atoms with van der Waals surface area (Å²) in [6.45, 7) is 0.742. The third kappa shape index (κ3) is 2.55. The van der Waals surface area contributed by atoms with Crippen molar-refractivity contribution in [3.63, 3.8) is 0 Å². The molecule has 1 saturated carbocycles. The van der Waals surface area contributed by atoms with Crippen LogP contribution in [0.5, 0.6) is 0 Å². The van der Waals surface area contributed by atoms with Crippen molar-refractivity contribution in [2.75, 3.05) is 19.0 Å². The first-order valence-corrected chi connectivity index (χ1v) is 5.70. The van der Waals surface area contributed by atoms with Gasteiger partial charge in [0.05, 0.1) is 11.2 Å². The maximum absolute atomic E-state index is 10.9. The second-order valence-corrected chi connectivity index (χ2v) is 4.39. The lowest BCUT2D eigenvalue weighted by molar-refractivity contribution is -0.0601. The smallest absolute Gasteiger partial charge is 0.250 e. The normalized spacial score (nSPS) is 17.2. The van der Waals surface area contributed by atoms with Gasteiger partial charge in [0, 0.05) is 19.9 Å². The lowest BCUT2D eigenvalue weighted by Crippen LogP contribution is -2.45. The minimum atomic E-state index is -0.462. The van der Waals surface area contributed by atoms with Gasteiger partial charge in [-0.3, -0.25) is 4.79 Å². The number of hydrogen-bond acceptors (Lipinski definition) is 4. The molecule has 1 aliphatic rings. The lowest BCUT2D eigenvalue weighted by atomic mass is 9.80. The molecule has 0 unspecified atom stereocenters. The van der Waals surface area contributed by atoms with Crippen molar-refractivity contribution in [2.24, 2.45) is 5.73 Å². The Morgan fingerprint density at radius 2 is 2.35 bits per heavy atom. The summed E-state index contributed by atoms with van der Waals surface area (Å²) in [4.78, 5) is 15.0. The molecule has 1 aromatic heterocycles. The van der Waals surface area contributed by atoms with Crippen LogP contribution in [0, 0.1) is 0 Å². The fraction of sp³-hybridized carbons (Fsp3) is 0.500. The molecular formula is C12H17N3O2. The summed E-state index contributed by atoms with van der Waals surface area (Å²) in [6, 6.07) is 3.42. The van der Waals surface area contributed by atoms with E-state index in [0.717, 1.165) is 25.2 Å². The Kier molecular flexibility index (Phi) is 3.28. The maximum Gasteiger partial charge on any atom is 0.250 e. The molecule has 0 bridgehead atoms. The largest absolute Gasteiger partial charge is 0.376 e. The Hall–Kier alpha value is -1.62. The highest BCUT2D eigenvalue weighted by Crippen LogP contribution is 2.34. The summed E-state index contributed by atoms with van der Waals surface area (Å²) in [5.41, 5.74) is 5.52. The number of nitrogens with zero attached hydrogens (tertiary/aromatic N) is 1. The Balaban J connectivity index is 1.93. The molecule has 0 aromatic carbocycles. The van der Waals surface area contributed by atoms with Crippen molar-refractivity contribution >= 4 is 11.7 Å². The number of hydrogen-bond donors (Lipinski definition) is 2. The minimum Gasteiger partial charge on any atom is -0.376 e. The highest BCUT2D eigenvalue weighted by molar-refractivity contribution is 5.92. The number of pyridine rings is 1. The first kappa shape index (κ1) is 11.9. The molecule has 92 valence electrons. The maximum atomic E-state index is 10.9. The number of nitrogens with two attached hydrogens (primary N) is 1. The van der Waals surface area contributed by atoms with Gasteiger partial charge in [0.25, 0.3) is 0 Å². The van der Waals surface area contributed by atoms with Crippen molar-refractivity contribution in [1.29, 1.82) is 0 Å². The number of anilines is 1. The summed E-state index contributed by atoms with van der Waals surface area (Å²) < 4.78 is 5.49. The average Bonchev–Trinajstić information content (AvgIpc) is 2.29. The van der Waals surface area contributed by atoms with Gasteiger partial charge in [-0.2, -0.15) is 0 Å². The molecule has 1 amide bonds. The van der Waals surface area contributed by atoms with E-state index in [0.29, 0.717) is 5.56 Å². The number of rotatable bonds is 5. The zero-order chi connectivity index (χ0) is 12.3. The van der Waals surface area contributed by atoms with Crippen LogP contribution in [0.25, 0.3) is 0 Å². The van der Waals surface area contributed by atoms with Gasteiger partial charge in [-0.1, -0.05) is 0 Å². The van der Waals surface area contributed by atoms with E-state index >= 15 is 0 Å². The molecule has 1 fully saturated rings. The van der Waals surface area contributed by atoms with E-state index in [4.69, 9.17) is 10.5 Å². The Morgan fingerprint density at radius 1 is 1.59 bits per heavy atom. The molecule has 0 atom stereocenters. The average molecular weight is 235 g/mol. The van der Waals surface area contributed by atoms with Crippen LogP contribution < -0.4 is 11.1 Å². The van der Waals surface area contributed by atoms with Crippen LogP contribution in [0.4, 0.5) is 5.82 Å². The van der Waals surface area contributed by atoms with Crippen LogP contribution in [0.1, 0.15) is 29.6 Å². The lowest BCUT2D eigenvalue weighted by Gasteiger charge is -2.40. The van der Waals surface area contributed by atoms with Crippen LogP contribution >= 0.6 is 0 Å². The summed E-state index contributed by atoms with van der Waals surface area (Å²) in [5.74, 6) is 0.273. The number of amides is 1. The number of carbonyl (C=O) groups excluding carboxylic acids is 1. The van der Waals surface area contributed by atoms with Gasteiger partial charge in [-0.25, -0.2) is 4.98 Å². The van der Waals surface area contributed by atoms with E-state index in [2.05, 4.69) is 10.3 Å². The molecule has 0 radical (unpaired) electrons. The SMILES string of the molecule is COC1(CNc2ccc(C(N)=O)cn2)CCC1. The van der Waals surface area contributed by atoms with Gasteiger partial charge in [0.15, 0.2) is 0 Å². The molecule has 5 nitrogen and oxygen atoms in total. The third-order valence-electron chi connectivity index (χ3n) is 3.34. The van der Waals surface area contributed by atoms with Crippen molar-refractivity contribution in [3.05, 3.63) is 23.9 Å². The highest BCUT2D eigenvalue weighted by atomic mass is 16.5. The van der Waals surface area contributed by atoms with Crippen molar-refractivity contribution in [2.45, 2.75) is 24.9 Å². The van der Waals surface area contributed by atoms with Gasteiger partial charge < -0.3 is 15.8 Å². The second kappa shape index (κ2) is 4.71. The monoisotopic (exact) mass is 235 g/mol. The zero-order valence-electron chi connectivity index (χ0n) is 9.90. The van der Waals surface area contributed by atoms with E-state index in [-0.39, 0.29) is 5.60 Å². The molecule has 17 heavy (non-hydrogen) atoms. The number of aromatic nitrogens is 1. The first-order valence-electron chi connectivity index (χ1n) is 5.70. The van der Waals surface area contributed by atoms with E-state index in [1.54, 1.807) is 19.2 Å². The summed E-state index contributed by atoms with van der Waals surface area (Å²) in [7, 11) is 1.74. The fourth-order valence-electron chi connectivity index (χ4n) is 1.92. The number of primary amides is 1. The van der Waals surface area contributed by atoms with Gasteiger partial charge in [-0.05, 0) is 31.4 Å². The first-order chi connectivity index (χ1) is 8.15. The number of ether oxygens (including phenoxy) is 1. The number of carbonyl (C=O) groups is 1. The predicted octanol–water partition coefficient (Wildman–Crippen LogP) is 1.16. The number of nitrogens with one attached hydrogen (secondary N) is 1. The van der Waals surface area contributed by atoms with Crippen molar-refractivity contribution < 1.29 is 9.53 Å². The zero-order valence-corrected chi connectivity index (χ0v) is 9.90. The molecule has 1 heterocycles. The van der Waals surface area contributed by atoms with Crippen LogP contribution in [0.3, 0.4) is 0 Å². The van der Waals surface area contributed by atoms with Gasteiger partial charge in [-0.15, -0.1) is 0 Å². The van der Waals surface area contributed by atoms with Crippen LogP contribution in [-0.2, 0) is 4.74 Å². The van der Waals surface area contributed by atoms with Crippen molar-refractivity contribution in [3.8, 4) is 0 Å². The molecule has 1 aliphatic carbocycles. The Labute approximate surface area is 100 Å². The fourth-order valence-corrected chi connectivity index (χ4v) is 1.92. The third-order valence-corrected chi connectivity index (χ3v) is 3.34. The Morgan fingerprint density at radius 3 is 2.76 bits per heavy atom. The van der Waals surface area contributed by atoms with Crippen LogP contribution in [-0.4, -0.2) is 30.1 Å². The van der Waals surface area contributed by atoms with E-state index in [1.807, 2.05) is 0 Å². The van der Waals surface area contributed by atoms with Gasteiger partial charge in [0.1, 0.15) is 5.82 Å². The van der Waals surface area contributed by atoms with E-state index < -0.39 is 5.91 Å². The van der Waals surface area contributed by atoms with Crippen LogP contribution in [0.2, 0.25) is 0 Å². The van der Waals surface area contributed by atoms with Gasteiger partial charge >= 0.3 is 0 Å². The summed E-state index contributed by atoms with van der Waals surface area (Å²) in [6.07, 6.45) is 4.85. The predicted molar refractivity (Wildman–Crippen MR) is 64.8 cm³/mol. The molecule has 2 rings (SSSR count). The number of methoxy groups -OCH3 is 1. The highest BCUT2D eigenvalue weighted by Gasteiger charge is 2.36. The standard InChI is InChI=1S/C12H17N3O2/c1-17-12(5-2-6-12)8-15-10-4-3-9(7-14-10)11(13)16/h3-4,7H,2,5-6,8H2,1H3,(H2,13,16)(H,14,15).